The van der Waals surface area contributed by atoms with Crippen LogP contribution in [0, 0.1) is 25.7 Å². The van der Waals surface area contributed by atoms with Crippen LogP contribution in [0.1, 0.15) is 47.9 Å². The minimum absolute atomic E-state index is 0.0290. The zero-order valence-corrected chi connectivity index (χ0v) is 16.2. The molecule has 2 aliphatic rings. The number of rotatable bonds is 2. The van der Waals surface area contributed by atoms with E-state index in [0.29, 0.717) is 25.9 Å². The van der Waals surface area contributed by atoms with Crippen LogP contribution in [0.25, 0.3) is 0 Å². The zero-order chi connectivity index (χ0) is 19.1. The Morgan fingerprint density at radius 1 is 1.15 bits per heavy atom. The normalized spacial score (nSPS) is 22.7. The van der Waals surface area contributed by atoms with Crippen molar-refractivity contribution in [1.29, 1.82) is 0 Å². The maximum atomic E-state index is 13.5. The van der Waals surface area contributed by atoms with Gasteiger partial charge in [-0.2, -0.15) is 5.06 Å². The van der Waals surface area contributed by atoms with E-state index in [4.69, 9.17) is 4.84 Å². The topological polar surface area (TPSA) is 49.9 Å². The Morgan fingerprint density at radius 3 is 2.23 bits per heavy atom. The molecule has 1 amide bonds. The van der Waals surface area contributed by atoms with E-state index in [2.05, 4.69) is 11.8 Å². The van der Waals surface area contributed by atoms with Gasteiger partial charge < -0.3 is 9.74 Å². The smallest absolute Gasteiger partial charge is 0.238 e. The molecule has 2 heterocycles. The predicted molar refractivity (Wildman–Crippen MR) is 99.5 cm³/mol. The maximum Gasteiger partial charge on any atom is 0.238 e. The van der Waals surface area contributed by atoms with E-state index in [1.54, 1.807) is 26.0 Å². The van der Waals surface area contributed by atoms with E-state index < -0.39 is 11.5 Å². The molecule has 1 aromatic rings. The van der Waals surface area contributed by atoms with Gasteiger partial charge in [0.1, 0.15) is 11.5 Å². The summed E-state index contributed by atoms with van der Waals surface area (Å²) in [5, 5.41) is 1.85. The first-order chi connectivity index (χ1) is 12.4. The van der Waals surface area contributed by atoms with Crippen LogP contribution in [0.2, 0.25) is 0 Å². The fourth-order valence-corrected chi connectivity index (χ4v) is 4.47. The second kappa shape index (κ2) is 6.86. The van der Waals surface area contributed by atoms with E-state index in [1.807, 2.05) is 31.0 Å². The van der Waals surface area contributed by atoms with Crippen molar-refractivity contribution in [1.82, 2.24) is 9.96 Å². The fourth-order valence-electron chi connectivity index (χ4n) is 4.47. The highest BCUT2D eigenvalue weighted by Crippen LogP contribution is 2.43. The van der Waals surface area contributed by atoms with Crippen molar-refractivity contribution in [3.05, 3.63) is 34.4 Å². The monoisotopic (exact) mass is 354 g/mol. The molecule has 0 aromatic heterocycles. The van der Waals surface area contributed by atoms with Gasteiger partial charge in [0.05, 0.1) is 7.11 Å². The Bertz CT molecular complexity index is 787. The molecule has 5 heteroatoms. The number of aryl methyl sites for hydroxylation is 2. The quantitative estimate of drug-likeness (QED) is 0.603. The number of Topliss-reactive ketones (excluding diaryl/α,β-unsaturated/α-hetero) is 1. The average Bonchev–Trinajstić information content (AvgIpc) is 2.78. The number of hydrogen-bond acceptors (Lipinski definition) is 4. The molecular formula is C21H26N2O3. The van der Waals surface area contributed by atoms with Crippen LogP contribution < -0.4 is 0 Å². The largest absolute Gasteiger partial charge is 0.332 e. The number of ketones is 1. The summed E-state index contributed by atoms with van der Waals surface area (Å²) in [5.41, 5.74) is 2.96. The standard InChI is InChI=1S/C21H26N2O3/c1-6-7-16-12-14(2)17(15(3)13-16)18-19(24)21(22(4)20(18)25)8-10-23(26-5)11-9-21/h12-13,18H,8-11H2,1-5H3. The molecule has 0 saturated carbocycles. The molecule has 1 aromatic carbocycles. The summed E-state index contributed by atoms with van der Waals surface area (Å²) < 4.78 is 0. The number of amides is 1. The Balaban J connectivity index is 2.01. The molecule has 1 spiro atoms. The van der Waals surface area contributed by atoms with Gasteiger partial charge in [0.15, 0.2) is 5.78 Å². The van der Waals surface area contributed by atoms with Crippen LogP contribution in [0.5, 0.6) is 0 Å². The summed E-state index contributed by atoms with van der Waals surface area (Å²) in [6.07, 6.45) is 1.21. The Hall–Kier alpha value is -2.16. The number of nitrogens with zero attached hydrogens (tertiary/aromatic N) is 2. The van der Waals surface area contributed by atoms with Gasteiger partial charge >= 0.3 is 0 Å². The van der Waals surface area contributed by atoms with Crippen molar-refractivity contribution in [2.45, 2.75) is 45.1 Å². The summed E-state index contributed by atoms with van der Waals surface area (Å²) in [7, 11) is 3.41. The van der Waals surface area contributed by atoms with E-state index in [1.165, 1.54) is 0 Å². The lowest BCUT2D eigenvalue weighted by Gasteiger charge is -2.41. The highest BCUT2D eigenvalue weighted by molar-refractivity contribution is 6.17. The van der Waals surface area contributed by atoms with Gasteiger partial charge in [-0.25, -0.2) is 0 Å². The van der Waals surface area contributed by atoms with Crippen molar-refractivity contribution >= 4 is 11.7 Å². The molecule has 0 aliphatic carbocycles. The Morgan fingerprint density at radius 2 is 1.73 bits per heavy atom. The number of likely N-dealkylation sites (N-methyl/N-ethyl adjacent to an activating group) is 1. The molecule has 138 valence electrons. The van der Waals surface area contributed by atoms with Crippen LogP contribution in [-0.2, 0) is 14.4 Å². The van der Waals surface area contributed by atoms with Gasteiger partial charge in [0, 0.05) is 25.7 Å². The number of carbonyl (C=O) groups excluding carboxylic acids is 2. The molecule has 3 rings (SSSR count). The average molecular weight is 354 g/mol. The lowest BCUT2D eigenvalue weighted by atomic mass is 9.78. The van der Waals surface area contributed by atoms with Gasteiger partial charge in [0.2, 0.25) is 5.91 Å². The van der Waals surface area contributed by atoms with Crippen molar-refractivity contribution in [2.75, 3.05) is 27.2 Å². The van der Waals surface area contributed by atoms with Crippen molar-refractivity contribution in [3.8, 4) is 11.8 Å². The number of hydroxylamine groups is 2. The van der Waals surface area contributed by atoms with Crippen molar-refractivity contribution < 1.29 is 14.4 Å². The third-order valence-corrected chi connectivity index (χ3v) is 5.90. The Labute approximate surface area is 155 Å². The molecule has 0 N–H and O–H groups in total. The highest BCUT2D eigenvalue weighted by Gasteiger charge is 2.58. The van der Waals surface area contributed by atoms with Gasteiger partial charge in [-0.3, -0.25) is 9.59 Å². The summed E-state index contributed by atoms with van der Waals surface area (Å²) in [4.78, 5) is 33.5. The summed E-state index contributed by atoms with van der Waals surface area (Å²) in [5.74, 6) is 5.18. The SMILES string of the molecule is CC#Cc1cc(C)c(C2C(=O)N(C)C3(CCN(OC)CC3)C2=O)c(C)c1. The molecule has 26 heavy (non-hydrogen) atoms. The van der Waals surface area contributed by atoms with E-state index in [-0.39, 0.29) is 11.7 Å². The number of piperidine rings is 1. The van der Waals surface area contributed by atoms with E-state index in [0.717, 1.165) is 22.3 Å². The summed E-state index contributed by atoms with van der Waals surface area (Å²) in [6, 6.07) is 3.94. The first-order valence-corrected chi connectivity index (χ1v) is 9.00. The molecule has 2 fully saturated rings. The van der Waals surface area contributed by atoms with Crippen LogP contribution in [0.3, 0.4) is 0 Å². The van der Waals surface area contributed by atoms with Crippen LogP contribution in [0.15, 0.2) is 12.1 Å². The number of likely N-dealkylation sites (tertiary alicyclic amines) is 1. The second-order valence-electron chi connectivity index (χ2n) is 7.24. The molecule has 1 unspecified atom stereocenters. The van der Waals surface area contributed by atoms with Crippen LogP contribution in [0.4, 0.5) is 0 Å². The summed E-state index contributed by atoms with van der Waals surface area (Å²) >= 11 is 0. The molecular weight excluding hydrogens is 328 g/mol. The molecule has 1 atom stereocenters. The molecule has 2 aliphatic heterocycles. The first kappa shape index (κ1) is 18.6. The summed E-state index contributed by atoms with van der Waals surface area (Å²) in [6.45, 7) is 7.02. The zero-order valence-electron chi connectivity index (χ0n) is 16.2. The molecule has 0 radical (unpaired) electrons. The van der Waals surface area contributed by atoms with Crippen LogP contribution in [-0.4, -0.2) is 54.4 Å². The fraction of sp³-hybridized carbons (Fsp3) is 0.524. The predicted octanol–water partition coefficient (Wildman–Crippen LogP) is 2.20. The molecule has 2 saturated heterocycles. The number of benzene rings is 1. The number of carbonyl (C=O) groups is 2. The minimum atomic E-state index is -0.711. The molecule has 0 bridgehead atoms. The van der Waals surface area contributed by atoms with Gasteiger partial charge in [-0.05, 0) is 62.4 Å². The third-order valence-electron chi connectivity index (χ3n) is 5.90. The van der Waals surface area contributed by atoms with Gasteiger partial charge in [-0.1, -0.05) is 5.92 Å². The lowest BCUT2D eigenvalue weighted by molar-refractivity contribution is -0.165. The Kier molecular flexibility index (Phi) is 4.92. The van der Waals surface area contributed by atoms with Gasteiger partial charge in [-0.15, -0.1) is 5.92 Å². The second-order valence-corrected chi connectivity index (χ2v) is 7.24. The van der Waals surface area contributed by atoms with E-state index in [9.17, 15) is 9.59 Å². The third kappa shape index (κ3) is 2.74. The van der Waals surface area contributed by atoms with Crippen LogP contribution >= 0.6 is 0 Å². The molecule has 5 nitrogen and oxygen atoms in total. The minimum Gasteiger partial charge on any atom is -0.332 e. The maximum absolute atomic E-state index is 13.5. The van der Waals surface area contributed by atoms with E-state index >= 15 is 0 Å². The van der Waals surface area contributed by atoms with Crippen molar-refractivity contribution in [3.63, 3.8) is 0 Å². The van der Waals surface area contributed by atoms with Crippen molar-refractivity contribution in [2.24, 2.45) is 0 Å². The first-order valence-electron chi connectivity index (χ1n) is 9.00. The highest BCUT2D eigenvalue weighted by atomic mass is 16.7. The number of hydrogen-bond donors (Lipinski definition) is 0. The lowest BCUT2D eigenvalue weighted by Crippen LogP contribution is -2.54. The van der Waals surface area contributed by atoms with Gasteiger partial charge in [0.25, 0.3) is 0 Å².